The van der Waals surface area contributed by atoms with Gasteiger partial charge in [0.25, 0.3) is 0 Å². The van der Waals surface area contributed by atoms with Crippen LogP contribution >= 0.6 is 0 Å². The molecule has 0 spiro atoms. The topological polar surface area (TPSA) is 142 Å². The fraction of sp³-hybridized carbons (Fsp3) is 0.321. The van der Waals surface area contributed by atoms with Crippen LogP contribution in [0.3, 0.4) is 0 Å². The van der Waals surface area contributed by atoms with Crippen LogP contribution in [-0.2, 0) is 9.47 Å². The standard InChI is InChI=1S/C28H29N9O5/c1-39-25-14-21-24(41-9-4-29-21)15-23(25)37-22-13-20(18-17-32-36-5-2-3-30-27(18)36)31-16-19(22)26(34-37)33-28(38)42-12-8-35-6-10-40-11-7-35/h2-3,5,13-17,29H,4,6-12H2,1H3,(H,33,34,38). The van der Waals surface area contributed by atoms with Crippen LogP contribution in [0.15, 0.2) is 49.1 Å². The predicted molar refractivity (Wildman–Crippen MR) is 154 cm³/mol. The molecule has 0 saturated carbocycles. The molecule has 0 aliphatic carbocycles. The molecule has 2 aliphatic heterocycles. The first-order valence-electron chi connectivity index (χ1n) is 13.7. The van der Waals surface area contributed by atoms with Crippen LogP contribution in [0.2, 0.25) is 0 Å². The van der Waals surface area contributed by atoms with Gasteiger partial charge in [-0.05, 0) is 12.1 Å². The molecule has 14 heteroatoms. The third kappa shape index (κ3) is 4.90. The summed E-state index contributed by atoms with van der Waals surface area (Å²) in [7, 11) is 1.60. The first-order valence-corrected chi connectivity index (χ1v) is 13.7. The minimum atomic E-state index is -0.601. The quantitative estimate of drug-likeness (QED) is 0.298. The molecule has 6 heterocycles. The van der Waals surface area contributed by atoms with Gasteiger partial charge in [-0.1, -0.05) is 0 Å². The molecule has 42 heavy (non-hydrogen) atoms. The SMILES string of the molecule is COc1cc2c(cc1-n1nc(NC(=O)OCCN3CCOCC3)c3cnc(-c4cnn5cccnc45)cc31)OCCN2. The Hall–Kier alpha value is -4.95. The second kappa shape index (κ2) is 11.1. The molecular formula is C28H29N9O5. The summed E-state index contributed by atoms with van der Waals surface area (Å²) in [4.78, 5) is 24.2. The van der Waals surface area contributed by atoms with Crippen molar-refractivity contribution in [1.82, 2.24) is 34.3 Å². The molecule has 0 radical (unpaired) electrons. The Kier molecular flexibility index (Phi) is 6.89. The van der Waals surface area contributed by atoms with E-state index in [4.69, 9.17) is 24.0 Å². The fourth-order valence-electron chi connectivity index (χ4n) is 5.15. The lowest BCUT2D eigenvalue weighted by Crippen LogP contribution is -2.38. The van der Waals surface area contributed by atoms with Gasteiger partial charge in [0.1, 0.15) is 30.4 Å². The molecule has 0 bridgehead atoms. The summed E-state index contributed by atoms with van der Waals surface area (Å²) in [6, 6.07) is 7.45. The van der Waals surface area contributed by atoms with Gasteiger partial charge in [-0.3, -0.25) is 15.2 Å². The number of carbonyl (C=O) groups is 1. The van der Waals surface area contributed by atoms with Crippen LogP contribution in [0.5, 0.6) is 11.5 Å². The molecule has 5 aromatic rings. The number of ether oxygens (including phenoxy) is 4. The third-order valence-electron chi connectivity index (χ3n) is 7.27. The second-order valence-corrected chi connectivity index (χ2v) is 9.80. The van der Waals surface area contributed by atoms with Crippen molar-refractivity contribution in [3.8, 4) is 28.4 Å². The van der Waals surface area contributed by atoms with Crippen molar-refractivity contribution in [2.24, 2.45) is 0 Å². The van der Waals surface area contributed by atoms with E-state index in [2.05, 4.69) is 30.6 Å². The number of anilines is 2. The number of amides is 1. The van der Waals surface area contributed by atoms with Gasteiger partial charge in [0.05, 0.1) is 54.4 Å². The van der Waals surface area contributed by atoms with E-state index < -0.39 is 6.09 Å². The average Bonchev–Trinajstić information content (AvgIpc) is 3.62. The van der Waals surface area contributed by atoms with Crippen LogP contribution in [0, 0.1) is 0 Å². The van der Waals surface area contributed by atoms with Crippen molar-refractivity contribution in [1.29, 1.82) is 0 Å². The number of methoxy groups -OCH3 is 1. The van der Waals surface area contributed by atoms with Gasteiger partial charge in [-0.2, -0.15) is 5.10 Å². The van der Waals surface area contributed by atoms with E-state index in [0.29, 0.717) is 78.2 Å². The molecule has 0 unspecified atom stereocenters. The van der Waals surface area contributed by atoms with E-state index in [1.807, 2.05) is 30.5 Å². The average molecular weight is 572 g/mol. The summed E-state index contributed by atoms with van der Waals surface area (Å²) in [6.07, 6.45) is 6.33. The van der Waals surface area contributed by atoms with Crippen molar-refractivity contribution in [2.45, 2.75) is 0 Å². The van der Waals surface area contributed by atoms with Gasteiger partial charge < -0.3 is 24.3 Å². The molecular weight excluding hydrogens is 542 g/mol. The number of morpholine rings is 1. The summed E-state index contributed by atoms with van der Waals surface area (Å²) >= 11 is 0. The van der Waals surface area contributed by atoms with E-state index >= 15 is 0 Å². The Morgan fingerprint density at radius 3 is 2.93 bits per heavy atom. The zero-order valence-electron chi connectivity index (χ0n) is 22.9. The Morgan fingerprint density at radius 1 is 1.14 bits per heavy atom. The van der Waals surface area contributed by atoms with Crippen LogP contribution in [-0.4, -0.2) is 100 Å². The molecule has 1 aromatic carbocycles. The highest BCUT2D eigenvalue weighted by Crippen LogP contribution is 2.39. The smallest absolute Gasteiger partial charge is 0.412 e. The number of fused-ring (bicyclic) bond motifs is 3. The van der Waals surface area contributed by atoms with Gasteiger partial charge in [-0.15, -0.1) is 5.10 Å². The van der Waals surface area contributed by atoms with E-state index in [9.17, 15) is 4.79 Å². The molecule has 7 rings (SSSR count). The van der Waals surface area contributed by atoms with Gasteiger partial charge in [0.15, 0.2) is 11.5 Å². The van der Waals surface area contributed by atoms with Crippen molar-refractivity contribution >= 4 is 34.1 Å². The number of nitrogens with zero attached hydrogens (tertiary/aromatic N) is 7. The normalized spacial score (nSPS) is 15.2. The fourth-order valence-corrected chi connectivity index (χ4v) is 5.15. The molecule has 1 amide bonds. The molecule has 216 valence electrons. The zero-order valence-corrected chi connectivity index (χ0v) is 22.9. The highest BCUT2D eigenvalue weighted by Gasteiger charge is 2.23. The first-order chi connectivity index (χ1) is 20.7. The van der Waals surface area contributed by atoms with E-state index in [1.165, 1.54) is 0 Å². The van der Waals surface area contributed by atoms with Crippen LogP contribution < -0.4 is 20.1 Å². The molecule has 2 aliphatic rings. The number of benzene rings is 1. The van der Waals surface area contributed by atoms with Gasteiger partial charge in [0, 0.05) is 56.9 Å². The molecule has 2 N–H and O–H groups in total. The lowest BCUT2D eigenvalue weighted by Gasteiger charge is -2.26. The number of hydrogen-bond acceptors (Lipinski definition) is 11. The maximum Gasteiger partial charge on any atom is 0.412 e. The lowest BCUT2D eigenvalue weighted by atomic mass is 10.1. The van der Waals surface area contributed by atoms with Crippen molar-refractivity contribution in [2.75, 3.05) is 70.3 Å². The number of rotatable bonds is 7. The minimum absolute atomic E-state index is 0.248. The molecule has 1 saturated heterocycles. The third-order valence-corrected chi connectivity index (χ3v) is 7.27. The first kappa shape index (κ1) is 26.0. The van der Waals surface area contributed by atoms with Gasteiger partial charge in [-0.25, -0.2) is 19.0 Å². The Labute approximate surface area is 240 Å². The predicted octanol–water partition coefficient (Wildman–Crippen LogP) is 2.82. The van der Waals surface area contributed by atoms with Crippen molar-refractivity contribution in [3.05, 3.63) is 49.1 Å². The number of aromatic nitrogens is 6. The highest BCUT2D eigenvalue weighted by atomic mass is 16.5. The van der Waals surface area contributed by atoms with Crippen LogP contribution in [0.4, 0.5) is 16.3 Å². The molecule has 4 aromatic heterocycles. The number of hydrogen-bond donors (Lipinski definition) is 2. The summed E-state index contributed by atoms with van der Waals surface area (Å²) in [5.74, 6) is 1.56. The lowest BCUT2D eigenvalue weighted by molar-refractivity contribution is 0.0290. The molecule has 1 fully saturated rings. The monoisotopic (exact) mass is 571 g/mol. The second-order valence-electron chi connectivity index (χ2n) is 9.80. The Morgan fingerprint density at radius 2 is 2.05 bits per heavy atom. The molecule has 14 nitrogen and oxygen atoms in total. The highest BCUT2D eigenvalue weighted by molar-refractivity contribution is 5.99. The van der Waals surface area contributed by atoms with E-state index in [-0.39, 0.29) is 6.61 Å². The summed E-state index contributed by atoms with van der Waals surface area (Å²) < 4.78 is 25.9. The van der Waals surface area contributed by atoms with E-state index in [1.54, 1.807) is 34.9 Å². The van der Waals surface area contributed by atoms with Gasteiger partial charge in [0.2, 0.25) is 0 Å². The van der Waals surface area contributed by atoms with Crippen LogP contribution in [0.1, 0.15) is 0 Å². The number of nitrogens with one attached hydrogen (secondary N) is 2. The summed E-state index contributed by atoms with van der Waals surface area (Å²) in [5, 5.41) is 15.9. The maximum absolute atomic E-state index is 12.8. The van der Waals surface area contributed by atoms with Crippen molar-refractivity contribution < 1.29 is 23.7 Å². The number of pyridine rings is 1. The summed E-state index contributed by atoms with van der Waals surface area (Å²) in [5.41, 5.74) is 4.22. The molecule has 0 atom stereocenters. The Balaban J connectivity index is 1.26. The number of carbonyl (C=O) groups excluding carboxylic acids is 1. The van der Waals surface area contributed by atoms with Crippen LogP contribution in [0.25, 0.3) is 33.5 Å². The van der Waals surface area contributed by atoms with Crippen molar-refractivity contribution in [3.63, 3.8) is 0 Å². The maximum atomic E-state index is 12.8. The zero-order chi connectivity index (χ0) is 28.5. The summed E-state index contributed by atoms with van der Waals surface area (Å²) in [6.45, 7) is 5.12. The largest absolute Gasteiger partial charge is 0.494 e. The van der Waals surface area contributed by atoms with Gasteiger partial charge >= 0.3 is 6.09 Å². The Bertz CT molecular complexity index is 1760. The van der Waals surface area contributed by atoms with E-state index in [0.717, 1.165) is 24.3 Å². The minimum Gasteiger partial charge on any atom is -0.494 e.